The molecule has 1 atom stereocenters. The van der Waals surface area contributed by atoms with Crippen molar-refractivity contribution in [1.82, 2.24) is 5.32 Å². The average Bonchev–Trinajstić information content (AvgIpc) is 2.63. The predicted octanol–water partition coefficient (Wildman–Crippen LogP) is 2.42. The summed E-state index contributed by atoms with van der Waals surface area (Å²) in [5, 5.41) is 12.8. The van der Waals surface area contributed by atoms with Crippen LogP contribution in [0.3, 0.4) is 0 Å². The van der Waals surface area contributed by atoms with Crippen LogP contribution in [-0.4, -0.2) is 34.3 Å². The summed E-state index contributed by atoms with van der Waals surface area (Å²) < 4.78 is 5.22. The highest BCUT2D eigenvalue weighted by Crippen LogP contribution is 2.33. The Bertz CT molecular complexity index is 269. The molecule has 0 bridgehead atoms. The summed E-state index contributed by atoms with van der Waals surface area (Å²) in [6.07, 6.45) is 2.27. The largest absolute Gasteiger partial charge is 0.444 e. The number of nitrogens with one attached hydrogen (secondary N) is 1. The molecule has 1 amide bonds. The van der Waals surface area contributed by atoms with E-state index in [4.69, 9.17) is 16.3 Å². The summed E-state index contributed by atoms with van der Waals surface area (Å²) in [5.41, 5.74) is -1.14. The molecule has 2 N–H and O–H groups in total. The molecule has 0 heterocycles. The molecule has 0 aromatic rings. The molecular weight excluding hydrogens is 242 g/mol. The van der Waals surface area contributed by atoms with Crippen molar-refractivity contribution in [2.45, 2.75) is 63.7 Å². The van der Waals surface area contributed by atoms with Crippen LogP contribution >= 0.6 is 11.6 Å². The quantitative estimate of drug-likeness (QED) is 0.769. The Morgan fingerprint density at radius 3 is 2.41 bits per heavy atom. The van der Waals surface area contributed by atoms with Gasteiger partial charge in [-0.2, -0.15) is 0 Å². The van der Waals surface area contributed by atoms with Gasteiger partial charge in [0.25, 0.3) is 0 Å². The zero-order valence-electron chi connectivity index (χ0n) is 10.8. The standard InChI is InChI=1S/C12H22ClNO3/c1-11(2,3)17-10(16)14-12(9(15)8-13)6-4-5-7-12/h9,15H,4-8H2,1-3H3,(H,14,16). The third-order valence-electron chi connectivity index (χ3n) is 3.03. The number of ether oxygens (including phenoxy) is 1. The Hall–Kier alpha value is -0.480. The molecule has 0 aliphatic heterocycles. The van der Waals surface area contributed by atoms with Crippen molar-refractivity contribution < 1.29 is 14.6 Å². The van der Waals surface area contributed by atoms with E-state index >= 15 is 0 Å². The number of halogens is 1. The number of aliphatic hydroxyl groups excluding tert-OH is 1. The highest BCUT2D eigenvalue weighted by molar-refractivity contribution is 6.18. The van der Waals surface area contributed by atoms with Crippen LogP contribution in [0.1, 0.15) is 46.5 Å². The first-order valence-electron chi connectivity index (χ1n) is 6.04. The zero-order chi connectivity index (χ0) is 13.1. The maximum atomic E-state index is 11.8. The number of carbonyl (C=O) groups is 1. The van der Waals surface area contributed by atoms with Gasteiger partial charge < -0.3 is 15.2 Å². The molecule has 0 aromatic heterocycles. The van der Waals surface area contributed by atoms with Crippen LogP contribution in [0.2, 0.25) is 0 Å². The summed E-state index contributed by atoms with van der Waals surface area (Å²) in [6.45, 7) is 5.43. The van der Waals surface area contributed by atoms with Crippen LogP contribution in [-0.2, 0) is 4.74 Å². The van der Waals surface area contributed by atoms with Crippen LogP contribution in [0.25, 0.3) is 0 Å². The smallest absolute Gasteiger partial charge is 0.408 e. The van der Waals surface area contributed by atoms with Crippen LogP contribution in [0.5, 0.6) is 0 Å². The summed E-state index contributed by atoms with van der Waals surface area (Å²) >= 11 is 5.70. The molecule has 1 saturated carbocycles. The Morgan fingerprint density at radius 2 is 2.00 bits per heavy atom. The van der Waals surface area contributed by atoms with Crippen molar-refractivity contribution in [3.8, 4) is 0 Å². The highest BCUT2D eigenvalue weighted by Gasteiger charge is 2.42. The maximum absolute atomic E-state index is 11.8. The number of carbonyl (C=O) groups excluding carboxylic acids is 1. The van der Waals surface area contributed by atoms with Crippen molar-refractivity contribution in [2.24, 2.45) is 0 Å². The number of hydrogen-bond donors (Lipinski definition) is 2. The third-order valence-corrected chi connectivity index (χ3v) is 3.32. The first kappa shape index (κ1) is 14.6. The summed E-state index contributed by atoms with van der Waals surface area (Å²) in [6, 6.07) is 0. The van der Waals surface area contributed by atoms with Gasteiger partial charge >= 0.3 is 6.09 Å². The van der Waals surface area contributed by atoms with E-state index in [1.807, 2.05) is 20.8 Å². The summed E-state index contributed by atoms with van der Waals surface area (Å²) in [7, 11) is 0. The lowest BCUT2D eigenvalue weighted by Gasteiger charge is -2.35. The summed E-state index contributed by atoms with van der Waals surface area (Å²) in [4.78, 5) is 11.8. The van der Waals surface area contributed by atoms with Gasteiger partial charge in [0.2, 0.25) is 0 Å². The molecule has 0 aromatic carbocycles. The fourth-order valence-electron chi connectivity index (χ4n) is 2.20. The minimum Gasteiger partial charge on any atom is -0.444 e. The molecule has 100 valence electrons. The Morgan fingerprint density at radius 1 is 1.47 bits per heavy atom. The van der Waals surface area contributed by atoms with Gasteiger partial charge in [0, 0.05) is 0 Å². The van der Waals surface area contributed by atoms with Crippen molar-refractivity contribution in [1.29, 1.82) is 0 Å². The van der Waals surface area contributed by atoms with Crippen molar-refractivity contribution in [3.05, 3.63) is 0 Å². The molecule has 0 spiro atoms. The number of amides is 1. The van der Waals surface area contributed by atoms with Gasteiger partial charge in [0.1, 0.15) is 5.60 Å². The van der Waals surface area contributed by atoms with Crippen LogP contribution in [0.15, 0.2) is 0 Å². The molecule has 1 aliphatic carbocycles. The zero-order valence-corrected chi connectivity index (χ0v) is 11.5. The van der Waals surface area contributed by atoms with E-state index in [9.17, 15) is 9.90 Å². The van der Waals surface area contributed by atoms with E-state index in [0.717, 1.165) is 25.7 Å². The van der Waals surface area contributed by atoms with Gasteiger partial charge in [0.05, 0.1) is 17.5 Å². The van der Waals surface area contributed by atoms with Gasteiger partial charge in [-0.3, -0.25) is 0 Å². The Labute approximate surface area is 108 Å². The number of alkyl carbamates (subject to hydrolysis) is 1. The molecule has 0 radical (unpaired) electrons. The number of aliphatic hydroxyl groups is 1. The van der Waals surface area contributed by atoms with Crippen LogP contribution in [0.4, 0.5) is 4.79 Å². The molecule has 1 unspecified atom stereocenters. The van der Waals surface area contributed by atoms with E-state index < -0.39 is 23.3 Å². The molecular formula is C12H22ClNO3. The fourth-order valence-corrected chi connectivity index (χ4v) is 2.50. The van der Waals surface area contributed by atoms with E-state index in [0.29, 0.717) is 0 Å². The lowest BCUT2D eigenvalue weighted by Crippen LogP contribution is -2.56. The van der Waals surface area contributed by atoms with E-state index in [2.05, 4.69) is 5.32 Å². The van der Waals surface area contributed by atoms with Gasteiger partial charge in [-0.1, -0.05) is 12.8 Å². The SMILES string of the molecule is CC(C)(C)OC(=O)NC1(C(O)CCl)CCCC1. The molecule has 17 heavy (non-hydrogen) atoms. The van der Waals surface area contributed by atoms with E-state index in [1.54, 1.807) is 0 Å². The lowest BCUT2D eigenvalue weighted by atomic mass is 9.91. The van der Waals surface area contributed by atoms with E-state index in [-0.39, 0.29) is 5.88 Å². The second-order valence-electron chi connectivity index (χ2n) is 5.66. The van der Waals surface area contributed by atoms with Crippen molar-refractivity contribution in [2.75, 3.05) is 5.88 Å². The number of rotatable bonds is 3. The molecule has 1 aliphatic rings. The fraction of sp³-hybridized carbons (Fsp3) is 0.917. The average molecular weight is 264 g/mol. The Balaban J connectivity index is 2.65. The lowest BCUT2D eigenvalue weighted by molar-refractivity contribution is 0.0276. The van der Waals surface area contributed by atoms with Crippen LogP contribution in [0, 0.1) is 0 Å². The first-order valence-corrected chi connectivity index (χ1v) is 6.58. The molecule has 4 nitrogen and oxygen atoms in total. The minimum atomic E-state index is -0.723. The molecule has 1 fully saturated rings. The monoisotopic (exact) mass is 263 g/mol. The number of alkyl halides is 1. The van der Waals surface area contributed by atoms with Crippen molar-refractivity contribution in [3.63, 3.8) is 0 Å². The van der Waals surface area contributed by atoms with Gasteiger partial charge in [-0.05, 0) is 33.6 Å². The Kier molecular flexibility index (Phi) is 4.67. The third kappa shape index (κ3) is 4.03. The maximum Gasteiger partial charge on any atom is 0.408 e. The predicted molar refractivity (Wildman–Crippen MR) is 67.3 cm³/mol. The van der Waals surface area contributed by atoms with Gasteiger partial charge in [-0.15, -0.1) is 11.6 Å². The molecule has 1 rings (SSSR count). The first-order chi connectivity index (χ1) is 7.79. The topological polar surface area (TPSA) is 58.6 Å². The van der Waals surface area contributed by atoms with Crippen molar-refractivity contribution >= 4 is 17.7 Å². The van der Waals surface area contributed by atoms with E-state index in [1.165, 1.54) is 0 Å². The second kappa shape index (κ2) is 5.44. The second-order valence-corrected chi connectivity index (χ2v) is 5.97. The number of hydrogen-bond acceptors (Lipinski definition) is 3. The summed E-state index contributed by atoms with van der Waals surface area (Å²) in [5.74, 6) is 0.121. The highest BCUT2D eigenvalue weighted by atomic mass is 35.5. The molecule has 5 heteroatoms. The van der Waals surface area contributed by atoms with Gasteiger partial charge in [0.15, 0.2) is 0 Å². The normalized spacial score (nSPS) is 21.0. The van der Waals surface area contributed by atoms with Crippen LogP contribution < -0.4 is 5.32 Å². The minimum absolute atomic E-state index is 0.121. The molecule has 0 saturated heterocycles. The van der Waals surface area contributed by atoms with Gasteiger partial charge in [-0.25, -0.2) is 4.79 Å².